The van der Waals surface area contributed by atoms with Crippen LogP contribution in [0.25, 0.3) is 10.9 Å². The minimum absolute atomic E-state index is 0.0170. The maximum Gasteiger partial charge on any atom is 0.176 e. The third kappa shape index (κ3) is 5.93. The smallest absolute Gasteiger partial charge is 0.176 e. The summed E-state index contributed by atoms with van der Waals surface area (Å²) in [5.74, 6) is 0. The third-order valence-electron chi connectivity index (χ3n) is 6.21. The predicted molar refractivity (Wildman–Crippen MR) is 151 cm³/mol. The lowest BCUT2D eigenvalue weighted by atomic mass is 9.96. The van der Waals surface area contributed by atoms with Gasteiger partial charge >= 0.3 is 0 Å². The molecule has 5 rings (SSSR count). The zero-order valence-corrected chi connectivity index (χ0v) is 23.2. The van der Waals surface area contributed by atoms with Gasteiger partial charge in [-0.3, -0.25) is 4.98 Å². The molecule has 1 aliphatic rings. The normalized spacial score (nSPS) is 16.6. The van der Waals surface area contributed by atoms with Crippen molar-refractivity contribution in [3.63, 3.8) is 0 Å². The van der Waals surface area contributed by atoms with Crippen molar-refractivity contribution in [2.45, 2.75) is 39.0 Å². The van der Waals surface area contributed by atoms with Gasteiger partial charge in [0.2, 0.25) is 0 Å². The average Bonchev–Trinajstić information content (AvgIpc) is 3.35. The highest BCUT2D eigenvalue weighted by Crippen LogP contribution is 2.37. The fourth-order valence-electron chi connectivity index (χ4n) is 4.23. The van der Waals surface area contributed by atoms with Crippen molar-refractivity contribution in [2.24, 2.45) is 5.41 Å². The molecule has 0 radical (unpaired) electrons. The van der Waals surface area contributed by atoms with Crippen LogP contribution in [0.3, 0.4) is 0 Å². The number of nitrogens with zero attached hydrogens (tertiary/aromatic N) is 5. The Morgan fingerprint density at radius 2 is 2.03 bits per heavy atom. The van der Waals surface area contributed by atoms with Crippen LogP contribution < -0.4 is 10.6 Å². The summed E-state index contributed by atoms with van der Waals surface area (Å²) in [6, 6.07) is 10.8. The monoisotopic (exact) mass is 568 g/mol. The lowest BCUT2D eigenvalue weighted by molar-refractivity contribution is -0.138. The van der Waals surface area contributed by atoms with E-state index in [1.165, 1.54) is 17.1 Å². The van der Waals surface area contributed by atoms with Gasteiger partial charge in [-0.05, 0) is 29.2 Å². The molecular weight excluding hydrogens is 540 g/mol. The van der Waals surface area contributed by atoms with Crippen molar-refractivity contribution >= 4 is 45.5 Å². The standard InChI is InChI=1S/C28H28Cl2FN7O/c1-27(2,3)13-34-24-17(10-32)11-33-25-20(24)8-18(9-22(25)30)35-26(19-6-4-5-7-21(19)29)23-12-38(37-36-23)14-28(31)15-39-16-28/h4-9,11-12,26,35H,13-16H2,1-3H3,(H,33,34)/i26D. The second-order valence-corrected chi connectivity index (χ2v) is 11.7. The maximum atomic E-state index is 14.7. The van der Waals surface area contributed by atoms with E-state index < -0.39 is 11.7 Å². The summed E-state index contributed by atoms with van der Waals surface area (Å²) in [6.07, 6.45) is 3.02. The van der Waals surface area contributed by atoms with Gasteiger partial charge in [0.15, 0.2) is 5.67 Å². The van der Waals surface area contributed by atoms with E-state index >= 15 is 0 Å². The van der Waals surface area contributed by atoms with Crippen molar-refractivity contribution < 1.29 is 10.5 Å². The number of alkyl halides is 1. The van der Waals surface area contributed by atoms with Gasteiger partial charge in [0.1, 0.15) is 11.8 Å². The summed E-state index contributed by atoms with van der Waals surface area (Å²) in [4.78, 5) is 4.41. The second kappa shape index (κ2) is 10.6. The van der Waals surface area contributed by atoms with Gasteiger partial charge in [0.05, 0.1) is 55.1 Å². The van der Waals surface area contributed by atoms with Crippen LogP contribution in [0.4, 0.5) is 15.8 Å². The maximum absolute atomic E-state index is 14.7. The average molecular weight is 569 g/mol. The van der Waals surface area contributed by atoms with Crippen LogP contribution >= 0.6 is 23.2 Å². The van der Waals surface area contributed by atoms with E-state index in [-0.39, 0.29) is 30.9 Å². The van der Waals surface area contributed by atoms with E-state index in [4.69, 9.17) is 27.9 Å². The quantitative estimate of drug-likeness (QED) is 0.253. The molecule has 0 saturated carbocycles. The van der Waals surface area contributed by atoms with Crippen LogP contribution in [-0.2, 0) is 11.3 Å². The molecule has 2 aromatic heterocycles. The number of hydrogen-bond donors (Lipinski definition) is 2. The molecule has 11 heteroatoms. The Kier molecular flexibility index (Phi) is 7.02. The number of nitriles is 1. The summed E-state index contributed by atoms with van der Waals surface area (Å²) >= 11 is 13.3. The molecule has 39 heavy (non-hydrogen) atoms. The molecule has 202 valence electrons. The van der Waals surface area contributed by atoms with E-state index in [0.29, 0.717) is 50.0 Å². The minimum Gasteiger partial charge on any atom is -0.383 e. The molecule has 0 spiro atoms. The number of aromatic nitrogens is 4. The Morgan fingerprint density at radius 1 is 1.26 bits per heavy atom. The zero-order chi connectivity index (χ0) is 28.7. The van der Waals surface area contributed by atoms with Crippen LogP contribution in [0.1, 0.15) is 45.0 Å². The fraction of sp³-hybridized carbons (Fsp3) is 0.357. The molecule has 0 aliphatic carbocycles. The second-order valence-electron chi connectivity index (χ2n) is 10.9. The number of rotatable bonds is 8. The van der Waals surface area contributed by atoms with Crippen molar-refractivity contribution in [3.05, 3.63) is 75.7 Å². The summed E-state index contributed by atoms with van der Waals surface area (Å²) in [7, 11) is 0. The first-order chi connectivity index (χ1) is 18.9. The van der Waals surface area contributed by atoms with Gasteiger partial charge < -0.3 is 15.4 Å². The SMILES string of the molecule is [2H]C(Nc1cc(Cl)c2ncc(C#N)c(NCC(C)(C)C)c2c1)(c1cn(CC2(F)COC2)nn1)c1ccccc1Cl. The Bertz CT molecular complexity index is 1610. The molecular formula is C28H28Cl2FN7O. The third-order valence-corrected chi connectivity index (χ3v) is 6.83. The first-order valence-corrected chi connectivity index (χ1v) is 13.1. The number of halogens is 3. The lowest BCUT2D eigenvalue weighted by Gasteiger charge is -2.33. The molecule has 1 unspecified atom stereocenters. The number of fused-ring (bicyclic) bond motifs is 1. The zero-order valence-electron chi connectivity index (χ0n) is 22.7. The Morgan fingerprint density at radius 3 is 2.69 bits per heavy atom. The molecule has 4 aromatic rings. The van der Waals surface area contributed by atoms with Crippen molar-refractivity contribution in [2.75, 3.05) is 30.4 Å². The van der Waals surface area contributed by atoms with Gasteiger partial charge in [0.25, 0.3) is 0 Å². The van der Waals surface area contributed by atoms with Gasteiger partial charge in [-0.25, -0.2) is 9.07 Å². The minimum atomic E-state index is -1.73. The Hall–Kier alpha value is -3.45. The molecule has 1 saturated heterocycles. The van der Waals surface area contributed by atoms with Crippen LogP contribution in [0.15, 0.2) is 48.8 Å². The molecule has 1 fully saturated rings. The highest BCUT2D eigenvalue weighted by Gasteiger charge is 2.39. The molecule has 3 heterocycles. The molecule has 2 aromatic carbocycles. The van der Waals surface area contributed by atoms with Gasteiger partial charge in [0, 0.05) is 28.8 Å². The van der Waals surface area contributed by atoms with Crippen molar-refractivity contribution in [3.8, 4) is 6.07 Å². The van der Waals surface area contributed by atoms with E-state index in [1.807, 2.05) is 0 Å². The number of benzene rings is 2. The number of ether oxygens (including phenoxy) is 1. The number of hydrogen-bond acceptors (Lipinski definition) is 7. The van der Waals surface area contributed by atoms with E-state index in [1.54, 1.807) is 36.4 Å². The lowest BCUT2D eigenvalue weighted by Crippen LogP contribution is -2.48. The molecule has 1 atom stereocenters. The molecule has 1 aliphatic heterocycles. The number of pyridine rings is 1. The molecule has 2 N–H and O–H groups in total. The summed E-state index contributed by atoms with van der Waals surface area (Å²) < 4.78 is 30.7. The molecule has 0 amide bonds. The summed E-state index contributed by atoms with van der Waals surface area (Å²) in [5.41, 5.74) is 0.982. The molecule has 8 nitrogen and oxygen atoms in total. The first kappa shape index (κ1) is 25.8. The Labute approximate surface area is 237 Å². The largest absolute Gasteiger partial charge is 0.383 e. The van der Waals surface area contributed by atoms with Gasteiger partial charge in [-0.15, -0.1) is 5.10 Å². The Balaban J connectivity index is 1.60. The van der Waals surface area contributed by atoms with Crippen LogP contribution in [0.5, 0.6) is 0 Å². The highest BCUT2D eigenvalue weighted by atomic mass is 35.5. The van der Waals surface area contributed by atoms with Crippen molar-refractivity contribution in [1.82, 2.24) is 20.0 Å². The van der Waals surface area contributed by atoms with E-state index in [9.17, 15) is 11.0 Å². The first-order valence-electron chi connectivity index (χ1n) is 12.9. The van der Waals surface area contributed by atoms with Gasteiger partial charge in [-0.2, -0.15) is 5.26 Å². The number of anilines is 2. The van der Waals surface area contributed by atoms with Crippen LogP contribution in [0.2, 0.25) is 10.0 Å². The topological polar surface area (TPSA) is 101 Å². The van der Waals surface area contributed by atoms with E-state index in [2.05, 4.69) is 52.8 Å². The van der Waals surface area contributed by atoms with Crippen LogP contribution in [-0.4, -0.2) is 45.4 Å². The number of nitrogens with one attached hydrogen (secondary N) is 2. The summed E-state index contributed by atoms with van der Waals surface area (Å²) in [6.45, 7) is 6.78. The van der Waals surface area contributed by atoms with E-state index in [0.717, 1.165) is 0 Å². The summed E-state index contributed by atoms with van der Waals surface area (Å²) in [5, 5.41) is 26.0. The fourth-order valence-corrected chi connectivity index (χ4v) is 4.73. The predicted octanol–water partition coefficient (Wildman–Crippen LogP) is 6.40. The molecule has 0 bridgehead atoms. The van der Waals surface area contributed by atoms with Crippen molar-refractivity contribution in [1.29, 1.82) is 5.26 Å². The van der Waals surface area contributed by atoms with Gasteiger partial charge in [-0.1, -0.05) is 67.4 Å². The highest BCUT2D eigenvalue weighted by molar-refractivity contribution is 6.36. The van der Waals surface area contributed by atoms with Crippen LogP contribution in [0, 0.1) is 16.7 Å².